The number of aryl methyl sites for hydroxylation is 2. The molecule has 3 aromatic rings. The van der Waals surface area contributed by atoms with E-state index in [1.54, 1.807) is 5.38 Å². The number of nitrogens with zero attached hydrogens (tertiary/aromatic N) is 2. The summed E-state index contributed by atoms with van der Waals surface area (Å²) >= 11 is 1.29. The lowest BCUT2D eigenvalue weighted by Gasteiger charge is -2.14. The van der Waals surface area contributed by atoms with E-state index in [1.807, 2.05) is 35.9 Å². The number of carbonyl (C=O) groups is 2. The molecule has 1 amide bonds. The third-order valence-corrected chi connectivity index (χ3v) is 5.36. The van der Waals surface area contributed by atoms with Crippen molar-refractivity contribution in [3.05, 3.63) is 74.4 Å². The Morgan fingerprint density at radius 2 is 1.81 bits per heavy atom. The zero-order valence-electron chi connectivity index (χ0n) is 16.7. The first-order chi connectivity index (χ1) is 15.0. The van der Waals surface area contributed by atoms with Crippen molar-refractivity contribution >= 4 is 34.6 Å². The van der Waals surface area contributed by atoms with Gasteiger partial charge in [-0.2, -0.15) is 13.2 Å². The van der Waals surface area contributed by atoms with Crippen LogP contribution in [0.2, 0.25) is 0 Å². The molecule has 0 unspecified atom stereocenters. The Morgan fingerprint density at radius 1 is 1.16 bits per heavy atom. The van der Waals surface area contributed by atoms with Crippen LogP contribution in [0.3, 0.4) is 0 Å². The molecule has 0 fully saturated rings. The third-order valence-electron chi connectivity index (χ3n) is 4.47. The molecule has 8 nitrogen and oxygen atoms in total. The Bertz CT molecular complexity index is 1180. The predicted molar refractivity (Wildman–Crippen MR) is 110 cm³/mol. The zero-order chi connectivity index (χ0) is 23.6. The molecule has 168 valence electrons. The van der Waals surface area contributed by atoms with E-state index in [9.17, 15) is 32.9 Å². The fourth-order valence-electron chi connectivity index (χ4n) is 3.00. The monoisotopic (exact) mass is 467 g/mol. The Morgan fingerprint density at radius 3 is 2.41 bits per heavy atom. The Labute approximate surface area is 183 Å². The van der Waals surface area contributed by atoms with Gasteiger partial charge in [0, 0.05) is 23.5 Å². The molecule has 1 N–H and O–H groups in total. The van der Waals surface area contributed by atoms with Gasteiger partial charge in [0.05, 0.1) is 21.7 Å². The number of aromatic nitrogens is 1. The molecule has 2 aromatic heterocycles. The number of non-ortho nitro benzene ring substituents is 1. The number of thiophene rings is 1. The first kappa shape index (κ1) is 23.0. The Hall–Kier alpha value is -3.67. The summed E-state index contributed by atoms with van der Waals surface area (Å²) in [7, 11) is 0. The minimum absolute atomic E-state index is 0.205. The van der Waals surface area contributed by atoms with Crippen molar-refractivity contribution in [3.63, 3.8) is 0 Å². The second-order valence-corrected chi connectivity index (χ2v) is 7.59. The first-order valence-electron chi connectivity index (χ1n) is 9.04. The van der Waals surface area contributed by atoms with Crippen LogP contribution in [0.15, 0.2) is 41.8 Å². The van der Waals surface area contributed by atoms with Crippen molar-refractivity contribution in [2.75, 3.05) is 11.9 Å². The van der Waals surface area contributed by atoms with Gasteiger partial charge in [-0.15, -0.1) is 11.3 Å². The van der Waals surface area contributed by atoms with Crippen molar-refractivity contribution in [1.82, 2.24) is 4.57 Å². The highest BCUT2D eigenvalue weighted by atomic mass is 32.1. The highest BCUT2D eigenvalue weighted by molar-refractivity contribution is 7.13. The van der Waals surface area contributed by atoms with Gasteiger partial charge in [-0.3, -0.25) is 14.9 Å². The number of halogens is 3. The van der Waals surface area contributed by atoms with Crippen LogP contribution in [0.4, 0.5) is 24.5 Å². The van der Waals surface area contributed by atoms with E-state index in [2.05, 4.69) is 0 Å². The van der Waals surface area contributed by atoms with Crippen LogP contribution in [0.25, 0.3) is 5.00 Å². The predicted octanol–water partition coefficient (Wildman–Crippen LogP) is 4.88. The van der Waals surface area contributed by atoms with E-state index in [-0.39, 0.29) is 5.56 Å². The summed E-state index contributed by atoms with van der Waals surface area (Å²) in [5.74, 6) is -1.84. The van der Waals surface area contributed by atoms with Crippen molar-refractivity contribution < 1.29 is 32.4 Å². The number of carbonyl (C=O) groups excluding carboxylic acids is 2. The van der Waals surface area contributed by atoms with Crippen LogP contribution in [0.1, 0.15) is 27.3 Å². The van der Waals surface area contributed by atoms with Gasteiger partial charge in [-0.25, -0.2) is 4.79 Å². The number of nitro benzene ring substituents is 1. The van der Waals surface area contributed by atoms with Gasteiger partial charge in [0.15, 0.2) is 6.61 Å². The number of esters is 1. The number of alkyl halides is 3. The molecule has 1 aromatic carbocycles. The number of nitrogens with one attached hydrogen (secondary N) is 1. The summed E-state index contributed by atoms with van der Waals surface area (Å²) < 4.78 is 46.5. The summed E-state index contributed by atoms with van der Waals surface area (Å²) in [5.41, 5.74) is -0.868. The molecule has 0 bridgehead atoms. The fourth-order valence-corrected chi connectivity index (χ4v) is 4.01. The highest BCUT2D eigenvalue weighted by Gasteiger charge is 2.35. The van der Waals surface area contributed by atoms with E-state index in [1.165, 1.54) is 17.4 Å². The molecular formula is C20H16F3N3O5S. The van der Waals surface area contributed by atoms with Gasteiger partial charge in [-0.05, 0) is 43.5 Å². The fraction of sp³-hybridized carbons (Fsp3) is 0.200. The van der Waals surface area contributed by atoms with E-state index in [4.69, 9.17) is 4.74 Å². The number of ether oxygens (including phenoxy) is 1. The largest absolute Gasteiger partial charge is 0.452 e. The molecule has 2 heterocycles. The average molecular weight is 467 g/mol. The number of amides is 1. The maximum Gasteiger partial charge on any atom is 0.418 e. The number of benzene rings is 1. The lowest BCUT2D eigenvalue weighted by atomic mass is 10.1. The highest BCUT2D eigenvalue weighted by Crippen LogP contribution is 2.37. The van der Waals surface area contributed by atoms with E-state index in [0.29, 0.717) is 11.1 Å². The lowest BCUT2D eigenvalue weighted by Crippen LogP contribution is -2.23. The van der Waals surface area contributed by atoms with Gasteiger partial charge >= 0.3 is 12.1 Å². The van der Waals surface area contributed by atoms with E-state index < -0.39 is 46.5 Å². The second-order valence-electron chi connectivity index (χ2n) is 6.70. The minimum atomic E-state index is -4.94. The van der Waals surface area contributed by atoms with Crippen molar-refractivity contribution in [2.45, 2.75) is 20.0 Å². The second kappa shape index (κ2) is 8.83. The van der Waals surface area contributed by atoms with Crippen LogP contribution in [0.5, 0.6) is 0 Å². The van der Waals surface area contributed by atoms with Crippen LogP contribution >= 0.6 is 11.3 Å². The lowest BCUT2D eigenvalue weighted by molar-refractivity contribution is -0.385. The van der Waals surface area contributed by atoms with Crippen LogP contribution < -0.4 is 5.32 Å². The first-order valence-corrected chi connectivity index (χ1v) is 9.92. The zero-order valence-corrected chi connectivity index (χ0v) is 17.5. The molecule has 3 rings (SSSR count). The summed E-state index contributed by atoms with van der Waals surface area (Å²) in [5, 5.41) is 15.0. The number of hydrogen-bond donors (Lipinski definition) is 1. The van der Waals surface area contributed by atoms with E-state index in [0.717, 1.165) is 23.5 Å². The SMILES string of the molecule is Cc1ccc(C)n1-c1sccc1C(=O)OCC(=O)Nc1ccc([N+](=O)[O-])cc1C(F)(F)F. The topological polar surface area (TPSA) is 103 Å². The number of rotatable bonds is 6. The van der Waals surface area contributed by atoms with Crippen LogP contribution in [-0.4, -0.2) is 28.0 Å². The molecule has 12 heteroatoms. The van der Waals surface area contributed by atoms with Gasteiger partial charge in [-0.1, -0.05) is 0 Å². The molecule has 0 aliphatic carbocycles. The molecule has 0 saturated carbocycles. The minimum Gasteiger partial charge on any atom is -0.452 e. The summed E-state index contributed by atoms with van der Waals surface area (Å²) in [4.78, 5) is 34.4. The maximum atomic E-state index is 13.2. The van der Waals surface area contributed by atoms with Crippen molar-refractivity contribution in [3.8, 4) is 5.00 Å². The van der Waals surface area contributed by atoms with Crippen molar-refractivity contribution in [2.24, 2.45) is 0 Å². The molecule has 32 heavy (non-hydrogen) atoms. The molecule has 0 aliphatic rings. The smallest absolute Gasteiger partial charge is 0.418 e. The standard InChI is InChI=1S/C20H16F3N3O5S/c1-11-3-4-12(2)25(11)18-14(7-8-32-18)19(28)31-10-17(27)24-16-6-5-13(26(29)30)9-15(16)20(21,22)23/h3-9H,10H2,1-2H3,(H,24,27). The number of anilines is 1. The quantitative estimate of drug-likeness (QED) is 0.316. The summed E-state index contributed by atoms with van der Waals surface area (Å²) in [6, 6.07) is 7.20. The molecule has 0 spiro atoms. The molecular weight excluding hydrogens is 451 g/mol. The Kier molecular flexibility index (Phi) is 6.35. The molecule has 0 aliphatic heterocycles. The number of hydrogen-bond acceptors (Lipinski definition) is 6. The Balaban J connectivity index is 1.72. The van der Waals surface area contributed by atoms with Gasteiger partial charge in [0.2, 0.25) is 0 Å². The summed E-state index contributed by atoms with van der Waals surface area (Å²) in [6.07, 6.45) is -4.94. The van der Waals surface area contributed by atoms with Gasteiger partial charge in [0.1, 0.15) is 5.00 Å². The molecule has 0 saturated heterocycles. The molecule has 0 atom stereocenters. The molecule has 0 radical (unpaired) electrons. The van der Waals surface area contributed by atoms with E-state index >= 15 is 0 Å². The third kappa shape index (κ3) is 4.80. The normalized spacial score (nSPS) is 11.3. The van der Waals surface area contributed by atoms with Crippen LogP contribution in [-0.2, 0) is 15.7 Å². The van der Waals surface area contributed by atoms with Gasteiger partial charge in [0.25, 0.3) is 11.6 Å². The average Bonchev–Trinajstić information content (AvgIpc) is 3.31. The number of nitro groups is 1. The van der Waals surface area contributed by atoms with Gasteiger partial charge < -0.3 is 14.6 Å². The van der Waals surface area contributed by atoms with Crippen LogP contribution in [0, 0.1) is 24.0 Å². The maximum absolute atomic E-state index is 13.2. The summed E-state index contributed by atoms with van der Waals surface area (Å²) in [6.45, 7) is 2.88. The van der Waals surface area contributed by atoms with Crippen molar-refractivity contribution in [1.29, 1.82) is 0 Å².